The second-order valence-corrected chi connectivity index (χ2v) is 6.25. The third kappa shape index (κ3) is 3.50. The number of benzene rings is 1. The Labute approximate surface area is 126 Å². The summed E-state index contributed by atoms with van der Waals surface area (Å²) in [6.45, 7) is 3.01. The lowest BCUT2D eigenvalue weighted by Crippen LogP contribution is -2.34. The molecule has 1 N–H and O–H groups in total. The minimum absolute atomic E-state index is 0.134. The Morgan fingerprint density at radius 2 is 2.00 bits per heavy atom. The number of ether oxygens (including phenoxy) is 2. The zero-order chi connectivity index (χ0) is 14.7. The predicted molar refractivity (Wildman–Crippen MR) is 81.7 cm³/mol. The summed E-state index contributed by atoms with van der Waals surface area (Å²) in [6, 6.07) is 6.08. The van der Waals surface area contributed by atoms with Crippen LogP contribution in [-0.2, 0) is 6.54 Å². The van der Waals surface area contributed by atoms with E-state index in [0.29, 0.717) is 19.1 Å². The minimum Gasteiger partial charge on any atom is -0.486 e. The first kappa shape index (κ1) is 14.7. The quantitative estimate of drug-likeness (QED) is 0.925. The number of aliphatic hydroxyl groups is 1. The fourth-order valence-corrected chi connectivity index (χ4v) is 3.42. The number of rotatable bonds is 4. The van der Waals surface area contributed by atoms with Crippen LogP contribution in [0.15, 0.2) is 18.2 Å². The highest BCUT2D eigenvalue weighted by Crippen LogP contribution is 2.34. The first-order valence-corrected chi connectivity index (χ1v) is 7.98. The molecule has 1 fully saturated rings. The standard InChI is InChI=1S/C17H25NO3/c1-18(11-13-5-2-3-7-15(13)19)12-14-6-4-8-16-17(14)21-10-9-20-16/h4,6,8,13,15,19H,2-3,5,7,9-12H2,1H3. The topological polar surface area (TPSA) is 41.9 Å². The zero-order valence-electron chi connectivity index (χ0n) is 12.8. The first-order chi connectivity index (χ1) is 10.2. The second-order valence-electron chi connectivity index (χ2n) is 6.25. The summed E-state index contributed by atoms with van der Waals surface area (Å²) in [4.78, 5) is 2.28. The molecule has 4 heteroatoms. The van der Waals surface area contributed by atoms with Crippen LogP contribution >= 0.6 is 0 Å². The number of hydrogen-bond donors (Lipinski definition) is 1. The van der Waals surface area contributed by atoms with Gasteiger partial charge in [0.25, 0.3) is 0 Å². The van der Waals surface area contributed by atoms with Crippen molar-refractivity contribution in [2.75, 3.05) is 26.8 Å². The molecule has 1 aliphatic carbocycles. The molecule has 0 spiro atoms. The van der Waals surface area contributed by atoms with Gasteiger partial charge < -0.3 is 19.5 Å². The summed E-state index contributed by atoms with van der Waals surface area (Å²) >= 11 is 0. The van der Waals surface area contributed by atoms with Crippen LogP contribution in [-0.4, -0.2) is 42.9 Å². The Kier molecular flexibility index (Phi) is 4.66. The van der Waals surface area contributed by atoms with E-state index in [1.807, 2.05) is 12.1 Å². The van der Waals surface area contributed by atoms with Gasteiger partial charge in [-0.2, -0.15) is 0 Å². The Morgan fingerprint density at radius 3 is 2.86 bits per heavy atom. The van der Waals surface area contributed by atoms with Crippen molar-refractivity contribution in [2.24, 2.45) is 5.92 Å². The van der Waals surface area contributed by atoms with Crippen LogP contribution in [0.25, 0.3) is 0 Å². The van der Waals surface area contributed by atoms with Gasteiger partial charge in [-0.1, -0.05) is 25.0 Å². The van der Waals surface area contributed by atoms with Gasteiger partial charge >= 0.3 is 0 Å². The van der Waals surface area contributed by atoms with E-state index in [2.05, 4.69) is 18.0 Å². The van der Waals surface area contributed by atoms with Crippen molar-refractivity contribution in [1.29, 1.82) is 0 Å². The number of para-hydroxylation sites is 1. The summed E-state index contributed by atoms with van der Waals surface area (Å²) in [7, 11) is 2.12. The van der Waals surface area contributed by atoms with Crippen molar-refractivity contribution >= 4 is 0 Å². The summed E-state index contributed by atoms with van der Waals surface area (Å²) in [5.41, 5.74) is 1.17. The van der Waals surface area contributed by atoms with E-state index < -0.39 is 0 Å². The molecule has 1 heterocycles. The Balaban J connectivity index is 1.63. The van der Waals surface area contributed by atoms with Gasteiger partial charge in [-0.3, -0.25) is 0 Å². The van der Waals surface area contributed by atoms with Gasteiger partial charge in [-0.05, 0) is 31.9 Å². The van der Waals surface area contributed by atoms with Gasteiger partial charge in [0.05, 0.1) is 6.10 Å². The summed E-state index contributed by atoms with van der Waals surface area (Å²) in [5, 5.41) is 10.1. The highest BCUT2D eigenvalue weighted by Gasteiger charge is 2.25. The van der Waals surface area contributed by atoms with Crippen LogP contribution in [0.2, 0.25) is 0 Å². The number of hydrogen-bond acceptors (Lipinski definition) is 4. The number of aliphatic hydroxyl groups excluding tert-OH is 1. The molecule has 1 aromatic carbocycles. The van der Waals surface area contributed by atoms with Gasteiger partial charge in [0.1, 0.15) is 13.2 Å². The molecule has 4 nitrogen and oxygen atoms in total. The fourth-order valence-electron chi connectivity index (χ4n) is 3.42. The maximum Gasteiger partial charge on any atom is 0.165 e. The first-order valence-electron chi connectivity index (χ1n) is 7.98. The average molecular weight is 291 g/mol. The third-order valence-electron chi connectivity index (χ3n) is 4.50. The smallest absolute Gasteiger partial charge is 0.165 e. The van der Waals surface area contributed by atoms with Gasteiger partial charge in [0.2, 0.25) is 0 Å². The normalized spacial score (nSPS) is 25.1. The van der Waals surface area contributed by atoms with Crippen LogP contribution in [0.1, 0.15) is 31.2 Å². The maximum atomic E-state index is 10.1. The zero-order valence-corrected chi connectivity index (χ0v) is 12.8. The number of nitrogens with zero attached hydrogens (tertiary/aromatic N) is 1. The highest BCUT2D eigenvalue weighted by molar-refractivity contribution is 5.47. The van der Waals surface area contributed by atoms with Gasteiger partial charge in [0, 0.05) is 18.7 Å². The van der Waals surface area contributed by atoms with Crippen LogP contribution in [0.4, 0.5) is 0 Å². The van der Waals surface area contributed by atoms with E-state index in [1.165, 1.54) is 18.4 Å². The van der Waals surface area contributed by atoms with E-state index >= 15 is 0 Å². The van der Waals surface area contributed by atoms with Gasteiger partial charge in [-0.15, -0.1) is 0 Å². The lowest BCUT2D eigenvalue weighted by Gasteiger charge is -2.31. The van der Waals surface area contributed by atoms with Crippen molar-refractivity contribution in [2.45, 2.75) is 38.3 Å². The van der Waals surface area contributed by atoms with Crippen LogP contribution < -0.4 is 9.47 Å². The van der Waals surface area contributed by atoms with Gasteiger partial charge in [-0.25, -0.2) is 0 Å². The summed E-state index contributed by atoms with van der Waals surface area (Å²) in [6.07, 6.45) is 4.37. The molecule has 0 saturated heterocycles. The van der Waals surface area contributed by atoms with E-state index in [0.717, 1.165) is 37.4 Å². The Morgan fingerprint density at radius 1 is 1.19 bits per heavy atom. The number of fused-ring (bicyclic) bond motifs is 1. The molecule has 0 bridgehead atoms. The largest absolute Gasteiger partial charge is 0.486 e. The van der Waals surface area contributed by atoms with Crippen LogP contribution in [0.5, 0.6) is 11.5 Å². The van der Waals surface area contributed by atoms with Crippen LogP contribution in [0, 0.1) is 5.92 Å². The van der Waals surface area contributed by atoms with E-state index in [1.54, 1.807) is 0 Å². The Bertz CT molecular complexity index is 477. The summed E-state index contributed by atoms with van der Waals surface area (Å²) in [5.74, 6) is 2.14. The van der Waals surface area contributed by atoms with Crippen molar-refractivity contribution in [3.8, 4) is 11.5 Å². The predicted octanol–water partition coefficient (Wildman–Crippen LogP) is 2.44. The fraction of sp³-hybridized carbons (Fsp3) is 0.647. The molecule has 1 saturated carbocycles. The lowest BCUT2D eigenvalue weighted by molar-refractivity contribution is 0.0499. The Hall–Kier alpha value is -1.26. The molecule has 2 aliphatic rings. The molecular weight excluding hydrogens is 266 g/mol. The molecule has 0 amide bonds. The molecule has 21 heavy (non-hydrogen) atoms. The third-order valence-corrected chi connectivity index (χ3v) is 4.50. The van der Waals surface area contributed by atoms with E-state index in [9.17, 15) is 5.11 Å². The van der Waals surface area contributed by atoms with Crippen LogP contribution in [0.3, 0.4) is 0 Å². The molecule has 3 rings (SSSR count). The van der Waals surface area contributed by atoms with Gasteiger partial charge in [0.15, 0.2) is 11.5 Å². The molecule has 2 unspecified atom stereocenters. The van der Waals surface area contributed by atoms with Crippen molar-refractivity contribution in [1.82, 2.24) is 4.90 Å². The SMILES string of the molecule is CN(Cc1cccc2c1OCCO2)CC1CCCCC1O. The molecule has 116 valence electrons. The molecule has 1 aliphatic heterocycles. The molecule has 0 aromatic heterocycles. The molecule has 1 aromatic rings. The molecular formula is C17H25NO3. The molecule has 0 radical (unpaired) electrons. The van der Waals surface area contributed by atoms with Crippen molar-refractivity contribution < 1.29 is 14.6 Å². The lowest BCUT2D eigenvalue weighted by atomic mass is 9.86. The van der Waals surface area contributed by atoms with E-state index in [4.69, 9.17) is 9.47 Å². The van der Waals surface area contributed by atoms with Crippen molar-refractivity contribution in [3.63, 3.8) is 0 Å². The second kappa shape index (κ2) is 6.67. The molecule has 2 atom stereocenters. The average Bonchev–Trinajstić information content (AvgIpc) is 2.50. The summed E-state index contributed by atoms with van der Waals surface area (Å²) < 4.78 is 11.4. The van der Waals surface area contributed by atoms with Crippen molar-refractivity contribution in [3.05, 3.63) is 23.8 Å². The minimum atomic E-state index is -0.134. The monoisotopic (exact) mass is 291 g/mol. The van der Waals surface area contributed by atoms with E-state index in [-0.39, 0.29) is 6.10 Å². The highest BCUT2D eigenvalue weighted by atomic mass is 16.6. The maximum absolute atomic E-state index is 10.1.